The summed E-state index contributed by atoms with van der Waals surface area (Å²) >= 11 is 13.2. The molecular formula is C22H17Cl2N3O2S. The van der Waals surface area contributed by atoms with Gasteiger partial charge in [0.1, 0.15) is 15.5 Å². The summed E-state index contributed by atoms with van der Waals surface area (Å²) in [5.74, 6) is 0.493. The second-order valence-corrected chi connectivity index (χ2v) is 8.37. The number of ether oxygens (including phenoxy) is 1. The first-order valence-electron chi connectivity index (χ1n) is 9.02. The molecule has 2 aromatic carbocycles. The first-order chi connectivity index (χ1) is 14.5. The van der Waals surface area contributed by atoms with Gasteiger partial charge in [-0.25, -0.2) is 4.98 Å². The summed E-state index contributed by atoms with van der Waals surface area (Å²) in [5.41, 5.74) is 9.21. The molecule has 0 atom stereocenters. The number of methoxy groups -OCH3 is 1. The van der Waals surface area contributed by atoms with Gasteiger partial charge in [-0.1, -0.05) is 41.4 Å². The van der Waals surface area contributed by atoms with Crippen LogP contribution < -0.4 is 15.8 Å². The summed E-state index contributed by atoms with van der Waals surface area (Å²) in [7, 11) is 1.62. The van der Waals surface area contributed by atoms with Crippen LogP contribution in [-0.2, 0) is 6.54 Å². The summed E-state index contributed by atoms with van der Waals surface area (Å²) < 4.78 is 5.28. The van der Waals surface area contributed by atoms with E-state index in [2.05, 4.69) is 5.32 Å². The van der Waals surface area contributed by atoms with Crippen LogP contribution >= 0.6 is 34.5 Å². The second kappa shape index (κ2) is 8.52. The molecule has 4 rings (SSSR count). The van der Waals surface area contributed by atoms with Crippen molar-refractivity contribution in [2.75, 3.05) is 12.8 Å². The largest absolute Gasteiger partial charge is 0.497 e. The molecule has 30 heavy (non-hydrogen) atoms. The number of nitrogens with two attached hydrogens (primary N) is 1. The number of fused-ring (bicyclic) bond motifs is 1. The highest BCUT2D eigenvalue weighted by atomic mass is 35.5. The summed E-state index contributed by atoms with van der Waals surface area (Å²) in [6.45, 7) is 0.311. The van der Waals surface area contributed by atoms with Crippen LogP contribution in [0.3, 0.4) is 0 Å². The van der Waals surface area contributed by atoms with Gasteiger partial charge in [-0.2, -0.15) is 0 Å². The zero-order valence-corrected chi connectivity index (χ0v) is 18.2. The quantitative estimate of drug-likeness (QED) is 0.397. The van der Waals surface area contributed by atoms with Crippen molar-refractivity contribution in [1.29, 1.82) is 0 Å². The van der Waals surface area contributed by atoms with Crippen molar-refractivity contribution in [3.05, 3.63) is 75.1 Å². The zero-order valence-electron chi connectivity index (χ0n) is 15.9. The molecule has 5 nitrogen and oxygen atoms in total. The minimum absolute atomic E-state index is 0.260. The Bertz CT molecular complexity index is 1260. The van der Waals surface area contributed by atoms with Crippen molar-refractivity contribution in [2.45, 2.75) is 6.54 Å². The van der Waals surface area contributed by atoms with Crippen LogP contribution in [-0.4, -0.2) is 18.0 Å². The topological polar surface area (TPSA) is 77.2 Å². The molecule has 0 bridgehead atoms. The number of anilines is 1. The number of benzene rings is 2. The number of nitrogen functional groups attached to an aromatic ring is 1. The molecule has 0 aliphatic heterocycles. The molecule has 2 aromatic heterocycles. The Morgan fingerprint density at radius 2 is 1.97 bits per heavy atom. The predicted octanol–water partition coefficient (Wildman–Crippen LogP) is 5.79. The van der Waals surface area contributed by atoms with Gasteiger partial charge in [0.25, 0.3) is 5.91 Å². The molecular weight excluding hydrogens is 441 g/mol. The average molecular weight is 458 g/mol. The number of halogens is 2. The molecule has 152 valence electrons. The Balaban J connectivity index is 1.59. The second-order valence-electron chi connectivity index (χ2n) is 6.56. The van der Waals surface area contributed by atoms with Crippen molar-refractivity contribution >= 4 is 56.3 Å². The minimum Gasteiger partial charge on any atom is -0.497 e. The third-order valence-corrected chi connectivity index (χ3v) is 6.46. The van der Waals surface area contributed by atoms with Gasteiger partial charge in [0.15, 0.2) is 0 Å². The molecule has 1 amide bonds. The van der Waals surface area contributed by atoms with Crippen LogP contribution in [0.5, 0.6) is 5.75 Å². The Hall–Kier alpha value is -2.80. The lowest BCUT2D eigenvalue weighted by Crippen LogP contribution is -2.22. The molecule has 8 heteroatoms. The number of nitrogens with one attached hydrogen (secondary N) is 1. The highest BCUT2D eigenvalue weighted by molar-refractivity contribution is 7.21. The minimum atomic E-state index is -0.260. The normalized spacial score (nSPS) is 10.9. The van der Waals surface area contributed by atoms with Crippen LogP contribution in [0.4, 0.5) is 5.69 Å². The third kappa shape index (κ3) is 4.07. The first kappa shape index (κ1) is 20.5. The number of carbonyl (C=O) groups excluding carboxylic acids is 1. The van der Waals surface area contributed by atoms with Crippen molar-refractivity contribution in [1.82, 2.24) is 10.3 Å². The lowest BCUT2D eigenvalue weighted by atomic mass is 10.1. The average Bonchev–Trinajstić information content (AvgIpc) is 3.10. The fourth-order valence-electron chi connectivity index (χ4n) is 3.02. The number of rotatable bonds is 5. The standard InChI is InChI=1S/C22H17Cl2N3O2S/c1-29-14-4-2-3-13(10-14)18-8-6-15-19(25)20(30-22(15)27-18)21(28)26-11-12-5-7-16(23)17(24)9-12/h2-10H,11,25H2,1H3,(H,26,28). The van der Waals surface area contributed by atoms with E-state index in [0.29, 0.717) is 32.0 Å². The van der Waals surface area contributed by atoms with E-state index >= 15 is 0 Å². The van der Waals surface area contributed by atoms with Crippen LogP contribution in [0.15, 0.2) is 54.6 Å². The SMILES string of the molecule is COc1cccc(-c2ccc3c(N)c(C(=O)NCc4ccc(Cl)c(Cl)c4)sc3n2)c1. The fraction of sp³-hybridized carbons (Fsp3) is 0.0909. The molecule has 0 saturated carbocycles. The fourth-order valence-corrected chi connectivity index (χ4v) is 4.35. The molecule has 2 heterocycles. The van der Waals surface area contributed by atoms with Gasteiger partial charge in [-0.3, -0.25) is 4.79 Å². The summed E-state index contributed by atoms with van der Waals surface area (Å²) in [4.78, 5) is 18.5. The molecule has 4 aromatic rings. The smallest absolute Gasteiger partial charge is 0.263 e. The number of amides is 1. The van der Waals surface area contributed by atoms with Crippen LogP contribution in [0, 0.1) is 0 Å². The number of hydrogen-bond acceptors (Lipinski definition) is 5. The molecule has 3 N–H and O–H groups in total. The number of aromatic nitrogens is 1. The van der Waals surface area contributed by atoms with Gasteiger partial charge in [-0.15, -0.1) is 11.3 Å². The Morgan fingerprint density at radius 3 is 2.73 bits per heavy atom. The van der Waals surface area contributed by atoms with Crippen molar-refractivity contribution in [3.8, 4) is 17.0 Å². The van der Waals surface area contributed by atoms with Gasteiger partial charge in [-0.05, 0) is 42.0 Å². The van der Waals surface area contributed by atoms with Gasteiger partial charge in [0.05, 0.1) is 28.5 Å². The van der Waals surface area contributed by atoms with E-state index in [-0.39, 0.29) is 5.91 Å². The van der Waals surface area contributed by atoms with E-state index in [0.717, 1.165) is 28.0 Å². The number of thiophene rings is 1. The van der Waals surface area contributed by atoms with Gasteiger partial charge >= 0.3 is 0 Å². The van der Waals surface area contributed by atoms with Crippen LogP contribution in [0.25, 0.3) is 21.5 Å². The van der Waals surface area contributed by atoms with E-state index in [4.69, 9.17) is 38.7 Å². The maximum absolute atomic E-state index is 12.7. The molecule has 0 aliphatic rings. The van der Waals surface area contributed by atoms with E-state index in [1.165, 1.54) is 11.3 Å². The molecule has 0 spiro atoms. The molecule has 0 radical (unpaired) electrons. The van der Waals surface area contributed by atoms with E-state index in [9.17, 15) is 4.79 Å². The highest BCUT2D eigenvalue weighted by Crippen LogP contribution is 2.34. The monoisotopic (exact) mass is 457 g/mol. The van der Waals surface area contributed by atoms with Crippen molar-refractivity contribution < 1.29 is 9.53 Å². The number of hydrogen-bond donors (Lipinski definition) is 2. The lowest BCUT2D eigenvalue weighted by Gasteiger charge is -2.06. The van der Waals surface area contributed by atoms with Gasteiger partial charge in [0, 0.05) is 17.5 Å². The van der Waals surface area contributed by atoms with Crippen LogP contribution in [0.2, 0.25) is 10.0 Å². The Labute approximate surface area is 187 Å². The summed E-state index contributed by atoms with van der Waals surface area (Å²) in [6.07, 6.45) is 0. The molecule has 0 saturated heterocycles. The number of nitrogens with zero attached hydrogens (tertiary/aromatic N) is 1. The Kier molecular flexibility index (Phi) is 5.81. The van der Waals surface area contributed by atoms with E-state index in [1.54, 1.807) is 19.2 Å². The zero-order chi connectivity index (χ0) is 21.3. The Morgan fingerprint density at radius 1 is 1.13 bits per heavy atom. The van der Waals surface area contributed by atoms with Gasteiger partial charge < -0.3 is 15.8 Å². The molecule has 0 fully saturated rings. The number of carbonyl (C=O) groups is 1. The van der Waals surface area contributed by atoms with Crippen molar-refractivity contribution in [3.63, 3.8) is 0 Å². The van der Waals surface area contributed by atoms with E-state index in [1.807, 2.05) is 42.5 Å². The van der Waals surface area contributed by atoms with Gasteiger partial charge in [0.2, 0.25) is 0 Å². The predicted molar refractivity (Wildman–Crippen MR) is 124 cm³/mol. The summed E-state index contributed by atoms with van der Waals surface area (Å²) in [5, 5.41) is 4.54. The van der Waals surface area contributed by atoms with Crippen LogP contribution in [0.1, 0.15) is 15.2 Å². The third-order valence-electron chi connectivity index (χ3n) is 4.60. The lowest BCUT2D eigenvalue weighted by molar-refractivity contribution is 0.0956. The first-order valence-corrected chi connectivity index (χ1v) is 10.6. The summed E-state index contributed by atoms with van der Waals surface area (Å²) in [6, 6.07) is 16.7. The highest BCUT2D eigenvalue weighted by Gasteiger charge is 2.18. The number of pyridine rings is 1. The van der Waals surface area contributed by atoms with Crippen molar-refractivity contribution in [2.24, 2.45) is 0 Å². The molecule has 0 aliphatic carbocycles. The molecule has 0 unspecified atom stereocenters. The maximum atomic E-state index is 12.7. The maximum Gasteiger partial charge on any atom is 0.263 e. The van der Waals surface area contributed by atoms with E-state index < -0.39 is 0 Å².